The van der Waals surface area contributed by atoms with Crippen LogP contribution in [-0.4, -0.2) is 36.6 Å². The van der Waals surface area contributed by atoms with E-state index in [4.69, 9.17) is 0 Å². The highest BCUT2D eigenvalue weighted by atomic mass is 19.4. The molecule has 1 saturated heterocycles. The fraction of sp³-hybridized carbons (Fsp3) is 0.533. The Bertz CT molecular complexity index is 556. The number of nitrogens with one attached hydrogen (secondary N) is 1. The van der Waals surface area contributed by atoms with Crippen LogP contribution in [0.3, 0.4) is 0 Å². The molecular formula is C15H17F3N2O. The molecule has 2 aliphatic heterocycles. The fourth-order valence-corrected chi connectivity index (χ4v) is 3.05. The molecule has 6 heteroatoms. The summed E-state index contributed by atoms with van der Waals surface area (Å²) >= 11 is 0. The summed E-state index contributed by atoms with van der Waals surface area (Å²) in [5, 5.41) is 3.20. The third-order valence-electron chi connectivity index (χ3n) is 4.23. The van der Waals surface area contributed by atoms with Crippen molar-refractivity contribution in [1.82, 2.24) is 4.90 Å². The topological polar surface area (TPSA) is 32.3 Å². The summed E-state index contributed by atoms with van der Waals surface area (Å²) in [7, 11) is 0. The number of anilines is 1. The van der Waals surface area contributed by atoms with E-state index >= 15 is 0 Å². The minimum atomic E-state index is -4.22. The van der Waals surface area contributed by atoms with Gasteiger partial charge in [0.2, 0.25) is 0 Å². The largest absolute Gasteiger partial charge is 0.393 e. The quantitative estimate of drug-likeness (QED) is 0.864. The lowest BCUT2D eigenvalue weighted by Crippen LogP contribution is -2.44. The zero-order valence-electron chi connectivity index (χ0n) is 11.5. The molecule has 114 valence electrons. The van der Waals surface area contributed by atoms with Gasteiger partial charge in [-0.3, -0.25) is 4.79 Å². The van der Waals surface area contributed by atoms with Crippen LogP contribution in [0, 0.1) is 5.92 Å². The molecule has 0 spiro atoms. The Labute approximate surface area is 121 Å². The van der Waals surface area contributed by atoms with Crippen LogP contribution < -0.4 is 5.32 Å². The van der Waals surface area contributed by atoms with Gasteiger partial charge in [0.25, 0.3) is 5.91 Å². The number of hydrogen-bond donors (Lipinski definition) is 1. The summed E-state index contributed by atoms with van der Waals surface area (Å²) in [6, 6.07) is 5.33. The summed E-state index contributed by atoms with van der Waals surface area (Å²) in [5.74, 6) is -1.69. The minimum Gasteiger partial charge on any atom is -0.384 e. The molecule has 1 aromatic carbocycles. The van der Waals surface area contributed by atoms with Gasteiger partial charge in [-0.15, -0.1) is 0 Å². The van der Waals surface area contributed by atoms with Crippen molar-refractivity contribution in [2.45, 2.75) is 25.4 Å². The number of rotatable bonds is 1. The van der Waals surface area contributed by atoms with Crippen LogP contribution in [0.5, 0.6) is 0 Å². The number of alkyl halides is 3. The van der Waals surface area contributed by atoms with Gasteiger partial charge in [-0.25, -0.2) is 0 Å². The number of nitrogens with zero attached hydrogens (tertiary/aromatic N) is 1. The van der Waals surface area contributed by atoms with Crippen molar-refractivity contribution >= 4 is 11.6 Å². The van der Waals surface area contributed by atoms with Gasteiger partial charge in [0, 0.05) is 30.9 Å². The van der Waals surface area contributed by atoms with Gasteiger partial charge < -0.3 is 10.2 Å². The van der Waals surface area contributed by atoms with E-state index in [1.807, 2.05) is 6.07 Å². The highest BCUT2D eigenvalue weighted by Gasteiger charge is 2.42. The molecule has 1 aromatic rings. The van der Waals surface area contributed by atoms with Crippen molar-refractivity contribution in [3.63, 3.8) is 0 Å². The number of fused-ring (bicyclic) bond motifs is 1. The number of likely N-dealkylation sites (tertiary alicyclic amines) is 1. The lowest BCUT2D eigenvalue weighted by Gasteiger charge is -2.33. The molecule has 21 heavy (non-hydrogen) atoms. The smallest absolute Gasteiger partial charge is 0.384 e. The van der Waals surface area contributed by atoms with Crippen molar-refractivity contribution in [2.24, 2.45) is 5.92 Å². The predicted octanol–water partition coefficient (Wildman–Crippen LogP) is 3.07. The van der Waals surface area contributed by atoms with Gasteiger partial charge >= 0.3 is 6.18 Å². The first kappa shape index (κ1) is 14.2. The zero-order chi connectivity index (χ0) is 15.0. The average Bonchev–Trinajstić information content (AvgIpc) is 2.93. The van der Waals surface area contributed by atoms with Gasteiger partial charge in [-0.1, -0.05) is 0 Å². The van der Waals surface area contributed by atoms with Crippen LogP contribution >= 0.6 is 0 Å². The van der Waals surface area contributed by atoms with Crippen LogP contribution in [0.1, 0.15) is 28.8 Å². The van der Waals surface area contributed by atoms with E-state index in [0.29, 0.717) is 18.5 Å². The van der Waals surface area contributed by atoms with Crippen molar-refractivity contribution in [3.05, 3.63) is 29.3 Å². The Hall–Kier alpha value is -1.72. The van der Waals surface area contributed by atoms with Crippen LogP contribution in [0.15, 0.2) is 18.2 Å². The second-order valence-electron chi connectivity index (χ2n) is 5.68. The van der Waals surface area contributed by atoms with Crippen LogP contribution in [-0.2, 0) is 6.42 Å². The number of carbonyl (C=O) groups is 1. The van der Waals surface area contributed by atoms with E-state index in [0.717, 1.165) is 24.2 Å². The summed E-state index contributed by atoms with van der Waals surface area (Å²) in [5.41, 5.74) is 2.56. The Morgan fingerprint density at radius 1 is 1.33 bits per heavy atom. The monoisotopic (exact) mass is 298 g/mol. The molecule has 3 rings (SSSR count). The maximum atomic E-state index is 12.8. The second-order valence-corrected chi connectivity index (χ2v) is 5.68. The molecule has 0 saturated carbocycles. The summed E-state index contributed by atoms with van der Waals surface area (Å²) < 4.78 is 38.4. The van der Waals surface area contributed by atoms with Gasteiger partial charge in [0.1, 0.15) is 0 Å². The number of halogens is 3. The van der Waals surface area contributed by atoms with Gasteiger partial charge in [0.05, 0.1) is 5.92 Å². The first-order chi connectivity index (χ1) is 9.95. The molecule has 0 radical (unpaired) electrons. The number of benzene rings is 1. The lowest BCUT2D eigenvalue weighted by atomic mass is 9.96. The number of hydrogen-bond acceptors (Lipinski definition) is 2. The zero-order valence-corrected chi connectivity index (χ0v) is 11.5. The van der Waals surface area contributed by atoms with Crippen molar-refractivity contribution in [2.75, 3.05) is 25.0 Å². The maximum absolute atomic E-state index is 12.8. The van der Waals surface area contributed by atoms with Crippen LogP contribution in [0.4, 0.5) is 18.9 Å². The Balaban J connectivity index is 1.75. The first-order valence-corrected chi connectivity index (χ1v) is 7.18. The molecule has 0 bridgehead atoms. The summed E-state index contributed by atoms with van der Waals surface area (Å²) in [6.07, 6.45) is -2.85. The van der Waals surface area contributed by atoms with Crippen LogP contribution in [0.25, 0.3) is 0 Å². The average molecular weight is 298 g/mol. The minimum absolute atomic E-state index is 0.112. The number of amides is 1. The fourth-order valence-electron chi connectivity index (χ4n) is 3.05. The van der Waals surface area contributed by atoms with E-state index in [1.165, 1.54) is 4.90 Å². The van der Waals surface area contributed by atoms with Crippen molar-refractivity contribution in [3.8, 4) is 0 Å². The number of carbonyl (C=O) groups excluding carboxylic acids is 1. The maximum Gasteiger partial charge on any atom is 0.393 e. The molecule has 0 aliphatic carbocycles. The van der Waals surface area contributed by atoms with E-state index in [9.17, 15) is 18.0 Å². The molecule has 2 aliphatic rings. The highest BCUT2D eigenvalue weighted by Crippen LogP contribution is 2.33. The van der Waals surface area contributed by atoms with Crippen molar-refractivity contribution in [1.29, 1.82) is 0 Å². The third kappa shape index (κ3) is 2.84. The molecule has 0 aromatic heterocycles. The summed E-state index contributed by atoms with van der Waals surface area (Å²) in [6.45, 7) is 1.02. The molecule has 0 unspecified atom stereocenters. The van der Waals surface area contributed by atoms with Crippen LogP contribution in [0.2, 0.25) is 0 Å². The van der Waals surface area contributed by atoms with Crippen molar-refractivity contribution < 1.29 is 18.0 Å². The predicted molar refractivity (Wildman–Crippen MR) is 73.3 cm³/mol. The molecular weight excluding hydrogens is 281 g/mol. The number of piperidine rings is 1. The third-order valence-corrected chi connectivity index (χ3v) is 4.23. The lowest BCUT2D eigenvalue weighted by molar-refractivity contribution is -0.184. The van der Waals surface area contributed by atoms with E-state index in [2.05, 4.69) is 5.32 Å². The molecule has 2 heterocycles. The first-order valence-electron chi connectivity index (χ1n) is 7.18. The van der Waals surface area contributed by atoms with Gasteiger partial charge in [-0.05, 0) is 43.0 Å². The highest BCUT2D eigenvalue weighted by molar-refractivity contribution is 5.95. The normalized spacial score (nSPS) is 21.9. The Kier molecular flexibility index (Phi) is 3.55. The molecule has 1 N–H and O–H groups in total. The van der Waals surface area contributed by atoms with Gasteiger partial charge in [0.15, 0.2) is 0 Å². The summed E-state index contributed by atoms with van der Waals surface area (Å²) in [4.78, 5) is 13.7. The Morgan fingerprint density at radius 3 is 2.90 bits per heavy atom. The standard InChI is InChI=1S/C15H17F3N2O/c16-15(17,18)12-2-1-7-20(9-12)14(21)11-3-4-13-10(8-11)5-6-19-13/h3-4,8,12,19H,1-2,5-7,9H2/t12-/m0/s1. The second kappa shape index (κ2) is 5.24. The SMILES string of the molecule is O=C(c1ccc2c(c1)CCN2)N1CCC[C@H](C(F)(F)F)C1. The molecule has 3 nitrogen and oxygen atoms in total. The van der Waals surface area contributed by atoms with E-state index in [1.54, 1.807) is 12.1 Å². The molecule has 1 atom stereocenters. The van der Waals surface area contributed by atoms with E-state index in [-0.39, 0.29) is 18.9 Å². The Morgan fingerprint density at radius 2 is 2.14 bits per heavy atom. The molecule has 1 fully saturated rings. The molecule has 1 amide bonds. The van der Waals surface area contributed by atoms with Gasteiger partial charge in [-0.2, -0.15) is 13.2 Å². The van der Waals surface area contributed by atoms with E-state index < -0.39 is 12.1 Å².